The molecule has 1 aliphatic carbocycles. The topological polar surface area (TPSA) is 57.7 Å². The lowest BCUT2D eigenvalue weighted by Gasteiger charge is -2.35. The van der Waals surface area contributed by atoms with Crippen molar-refractivity contribution in [3.8, 4) is 0 Å². The summed E-state index contributed by atoms with van der Waals surface area (Å²) in [4.78, 5) is 14.6. The highest BCUT2D eigenvalue weighted by molar-refractivity contribution is 9.10. The summed E-state index contributed by atoms with van der Waals surface area (Å²) in [6, 6.07) is 6.76. The second kappa shape index (κ2) is 8.18. The van der Waals surface area contributed by atoms with E-state index < -0.39 is 10.0 Å². The van der Waals surface area contributed by atoms with E-state index in [9.17, 15) is 13.2 Å². The standard InChI is InChI=1S/C18H25BrN2O3S/c19-16-7-4-8-17(14-16)25(23,24)21-11-9-20(10-12-21)18(22)13-15-5-2-1-3-6-15/h4,7-8,14-15H,1-3,5-6,9-13H2. The van der Waals surface area contributed by atoms with Gasteiger partial charge >= 0.3 is 0 Å². The Labute approximate surface area is 158 Å². The van der Waals surface area contributed by atoms with E-state index in [1.807, 2.05) is 4.90 Å². The van der Waals surface area contributed by atoms with Crippen molar-refractivity contribution in [3.63, 3.8) is 0 Å². The van der Waals surface area contributed by atoms with Crippen LogP contribution in [0.25, 0.3) is 0 Å². The third kappa shape index (κ3) is 4.63. The number of rotatable bonds is 4. The van der Waals surface area contributed by atoms with Crippen LogP contribution in [0.1, 0.15) is 38.5 Å². The molecule has 1 saturated carbocycles. The van der Waals surface area contributed by atoms with Gasteiger partial charge in [0.2, 0.25) is 15.9 Å². The van der Waals surface area contributed by atoms with Gasteiger partial charge < -0.3 is 4.90 Å². The number of carbonyl (C=O) groups excluding carboxylic acids is 1. The van der Waals surface area contributed by atoms with Crippen molar-refractivity contribution in [2.24, 2.45) is 5.92 Å². The molecule has 0 spiro atoms. The van der Waals surface area contributed by atoms with Crippen LogP contribution in [0.5, 0.6) is 0 Å². The van der Waals surface area contributed by atoms with Crippen molar-refractivity contribution < 1.29 is 13.2 Å². The quantitative estimate of drug-likeness (QED) is 0.739. The molecule has 0 aromatic heterocycles. The van der Waals surface area contributed by atoms with Crippen LogP contribution in [0, 0.1) is 5.92 Å². The van der Waals surface area contributed by atoms with Crippen molar-refractivity contribution in [2.75, 3.05) is 26.2 Å². The first-order chi connectivity index (χ1) is 12.0. The number of hydrogen-bond acceptors (Lipinski definition) is 3. The molecule has 1 amide bonds. The van der Waals surface area contributed by atoms with E-state index in [1.165, 1.54) is 23.6 Å². The molecule has 0 unspecified atom stereocenters. The van der Waals surface area contributed by atoms with Gasteiger partial charge in [-0.3, -0.25) is 4.79 Å². The summed E-state index contributed by atoms with van der Waals surface area (Å²) in [6.07, 6.45) is 6.69. The number of halogens is 1. The SMILES string of the molecule is O=C(CC1CCCCC1)N1CCN(S(=O)(=O)c2cccc(Br)c2)CC1. The minimum atomic E-state index is -3.50. The highest BCUT2D eigenvalue weighted by Crippen LogP contribution is 2.27. The maximum Gasteiger partial charge on any atom is 0.243 e. The van der Waals surface area contributed by atoms with Crippen molar-refractivity contribution in [1.29, 1.82) is 0 Å². The molecule has 0 bridgehead atoms. The minimum absolute atomic E-state index is 0.186. The number of carbonyl (C=O) groups is 1. The summed E-state index contributed by atoms with van der Waals surface area (Å²) in [5.74, 6) is 0.705. The lowest BCUT2D eigenvalue weighted by molar-refractivity contribution is -0.133. The molecule has 1 aromatic rings. The molecular formula is C18H25BrN2O3S. The van der Waals surface area contributed by atoms with Crippen LogP contribution < -0.4 is 0 Å². The van der Waals surface area contributed by atoms with Gasteiger partial charge in [-0.1, -0.05) is 41.3 Å². The number of nitrogens with zero attached hydrogens (tertiary/aromatic N) is 2. The summed E-state index contributed by atoms with van der Waals surface area (Å²) < 4.78 is 27.7. The van der Waals surface area contributed by atoms with E-state index in [0.29, 0.717) is 43.4 Å². The maximum absolute atomic E-state index is 12.7. The van der Waals surface area contributed by atoms with Crippen LogP contribution in [-0.4, -0.2) is 49.7 Å². The molecule has 2 fully saturated rings. The summed E-state index contributed by atoms with van der Waals surface area (Å²) in [6.45, 7) is 1.70. The second-order valence-corrected chi connectivity index (χ2v) is 9.80. The molecular weight excluding hydrogens is 404 g/mol. The zero-order chi connectivity index (χ0) is 17.9. The Morgan fingerprint density at radius 2 is 1.76 bits per heavy atom. The Morgan fingerprint density at radius 3 is 2.40 bits per heavy atom. The van der Waals surface area contributed by atoms with E-state index in [0.717, 1.165) is 17.3 Å². The van der Waals surface area contributed by atoms with Crippen molar-refractivity contribution in [1.82, 2.24) is 9.21 Å². The number of benzene rings is 1. The minimum Gasteiger partial charge on any atom is -0.340 e. The third-order valence-electron chi connectivity index (χ3n) is 5.21. The molecule has 1 heterocycles. The summed E-state index contributed by atoms with van der Waals surface area (Å²) in [7, 11) is -3.50. The maximum atomic E-state index is 12.7. The van der Waals surface area contributed by atoms with Gasteiger partial charge in [0.25, 0.3) is 0 Å². The molecule has 3 rings (SSSR count). The number of amides is 1. The summed E-state index contributed by atoms with van der Waals surface area (Å²) in [5.41, 5.74) is 0. The fourth-order valence-corrected chi connectivity index (χ4v) is 5.74. The van der Waals surface area contributed by atoms with Gasteiger partial charge in [0.15, 0.2) is 0 Å². The van der Waals surface area contributed by atoms with Crippen molar-refractivity contribution in [2.45, 2.75) is 43.4 Å². The predicted octanol–water partition coefficient (Wildman–Crippen LogP) is 3.25. The molecule has 0 atom stereocenters. The molecule has 138 valence electrons. The highest BCUT2D eigenvalue weighted by Gasteiger charge is 2.31. The van der Waals surface area contributed by atoms with Crippen molar-refractivity contribution in [3.05, 3.63) is 28.7 Å². The Kier molecular flexibility index (Phi) is 6.17. The number of hydrogen-bond donors (Lipinski definition) is 0. The third-order valence-corrected chi connectivity index (χ3v) is 7.60. The van der Waals surface area contributed by atoms with Gasteiger partial charge in [0.1, 0.15) is 0 Å². The summed E-state index contributed by atoms with van der Waals surface area (Å²) in [5, 5.41) is 0. The van der Waals surface area contributed by atoms with Crippen LogP contribution in [0.2, 0.25) is 0 Å². The molecule has 1 saturated heterocycles. The van der Waals surface area contributed by atoms with E-state index >= 15 is 0 Å². The molecule has 0 radical (unpaired) electrons. The van der Waals surface area contributed by atoms with Gasteiger partial charge in [0.05, 0.1) is 4.90 Å². The fourth-order valence-electron chi connectivity index (χ4n) is 3.72. The second-order valence-electron chi connectivity index (χ2n) is 6.95. The first-order valence-electron chi connectivity index (χ1n) is 9.00. The number of piperazine rings is 1. The Balaban J connectivity index is 1.56. The molecule has 25 heavy (non-hydrogen) atoms. The van der Waals surface area contributed by atoms with E-state index in [-0.39, 0.29) is 5.91 Å². The molecule has 0 N–H and O–H groups in total. The molecule has 1 aromatic carbocycles. The monoisotopic (exact) mass is 428 g/mol. The summed E-state index contributed by atoms with van der Waals surface area (Å²) >= 11 is 3.32. The van der Waals surface area contributed by atoms with E-state index in [4.69, 9.17) is 0 Å². The normalized spacial score (nSPS) is 20.6. The van der Waals surface area contributed by atoms with Crippen LogP contribution in [0.15, 0.2) is 33.6 Å². The Morgan fingerprint density at radius 1 is 1.08 bits per heavy atom. The molecule has 5 nitrogen and oxygen atoms in total. The first-order valence-corrected chi connectivity index (χ1v) is 11.2. The van der Waals surface area contributed by atoms with Gasteiger partial charge in [-0.2, -0.15) is 4.31 Å². The smallest absolute Gasteiger partial charge is 0.243 e. The van der Waals surface area contributed by atoms with Crippen LogP contribution in [0.4, 0.5) is 0 Å². The average molecular weight is 429 g/mol. The largest absolute Gasteiger partial charge is 0.340 e. The predicted molar refractivity (Wildman–Crippen MR) is 101 cm³/mol. The van der Waals surface area contributed by atoms with E-state index in [2.05, 4.69) is 15.9 Å². The van der Waals surface area contributed by atoms with Crippen LogP contribution in [0.3, 0.4) is 0 Å². The fraction of sp³-hybridized carbons (Fsp3) is 0.611. The zero-order valence-electron chi connectivity index (χ0n) is 14.4. The lowest BCUT2D eigenvalue weighted by atomic mass is 9.86. The Hall–Kier alpha value is -0.920. The van der Waals surface area contributed by atoms with Gasteiger partial charge in [-0.05, 0) is 37.0 Å². The molecule has 1 aliphatic heterocycles. The number of sulfonamides is 1. The first kappa shape index (κ1) is 18.9. The van der Waals surface area contributed by atoms with Crippen molar-refractivity contribution >= 4 is 31.9 Å². The average Bonchev–Trinajstić information content (AvgIpc) is 2.62. The molecule has 2 aliphatic rings. The highest BCUT2D eigenvalue weighted by atomic mass is 79.9. The molecule has 7 heteroatoms. The lowest BCUT2D eigenvalue weighted by Crippen LogP contribution is -2.50. The van der Waals surface area contributed by atoms with Crippen LogP contribution in [-0.2, 0) is 14.8 Å². The Bertz CT molecular complexity index is 709. The zero-order valence-corrected chi connectivity index (χ0v) is 16.8. The van der Waals surface area contributed by atoms with Gasteiger partial charge in [-0.15, -0.1) is 0 Å². The van der Waals surface area contributed by atoms with Crippen LogP contribution >= 0.6 is 15.9 Å². The van der Waals surface area contributed by atoms with Gasteiger partial charge in [-0.25, -0.2) is 8.42 Å². The van der Waals surface area contributed by atoms with E-state index in [1.54, 1.807) is 24.3 Å². The van der Waals surface area contributed by atoms with Gasteiger partial charge in [0, 0.05) is 37.1 Å².